The van der Waals surface area contributed by atoms with Crippen LogP contribution in [0.2, 0.25) is 0 Å². The zero-order valence-corrected chi connectivity index (χ0v) is 13.4. The topological polar surface area (TPSA) is 33.7 Å². The number of nitrogens with one attached hydrogen (secondary N) is 1. The molecule has 0 saturated carbocycles. The van der Waals surface area contributed by atoms with Crippen molar-refractivity contribution in [1.29, 1.82) is 0 Å². The Balaban J connectivity index is 2.47. The van der Waals surface area contributed by atoms with Gasteiger partial charge in [0, 0.05) is 19.1 Å². The van der Waals surface area contributed by atoms with Gasteiger partial charge in [-0.05, 0) is 44.6 Å². The SMILES string of the molecule is CCN(C)CCNC(C)Cc1ccc(OC)c(OC)c1. The fraction of sp³-hybridized carbons (Fsp3) is 0.625. The second kappa shape index (κ2) is 8.82. The van der Waals surface area contributed by atoms with Crippen LogP contribution >= 0.6 is 0 Å². The van der Waals surface area contributed by atoms with Crippen LogP contribution in [0.4, 0.5) is 0 Å². The van der Waals surface area contributed by atoms with Gasteiger partial charge in [-0.15, -0.1) is 0 Å². The minimum absolute atomic E-state index is 0.443. The average Bonchev–Trinajstić information content (AvgIpc) is 2.46. The number of ether oxygens (including phenoxy) is 2. The Labute approximate surface area is 123 Å². The van der Waals surface area contributed by atoms with Gasteiger partial charge in [-0.25, -0.2) is 0 Å². The summed E-state index contributed by atoms with van der Waals surface area (Å²) >= 11 is 0. The van der Waals surface area contributed by atoms with E-state index in [4.69, 9.17) is 9.47 Å². The fourth-order valence-electron chi connectivity index (χ4n) is 2.09. The molecule has 0 aliphatic carbocycles. The van der Waals surface area contributed by atoms with Gasteiger partial charge in [-0.2, -0.15) is 0 Å². The van der Waals surface area contributed by atoms with E-state index in [1.165, 1.54) is 5.56 Å². The molecule has 20 heavy (non-hydrogen) atoms. The molecule has 0 fully saturated rings. The molecule has 4 nitrogen and oxygen atoms in total. The lowest BCUT2D eigenvalue weighted by molar-refractivity contribution is 0.340. The minimum atomic E-state index is 0.443. The normalized spacial score (nSPS) is 12.5. The molecule has 0 radical (unpaired) electrons. The summed E-state index contributed by atoms with van der Waals surface area (Å²) < 4.78 is 10.6. The van der Waals surface area contributed by atoms with E-state index < -0.39 is 0 Å². The third kappa shape index (κ3) is 5.39. The van der Waals surface area contributed by atoms with Crippen molar-refractivity contribution in [2.45, 2.75) is 26.3 Å². The third-order valence-corrected chi connectivity index (χ3v) is 3.52. The number of methoxy groups -OCH3 is 2. The molecule has 0 heterocycles. The second-order valence-electron chi connectivity index (χ2n) is 5.14. The van der Waals surface area contributed by atoms with Crippen LogP contribution < -0.4 is 14.8 Å². The molecular formula is C16H28N2O2. The molecular weight excluding hydrogens is 252 g/mol. The summed E-state index contributed by atoms with van der Waals surface area (Å²) in [4.78, 5) is 2.30. The minimum Gasteiger partial charge on any atom is -0.493 e. The number of nitrogens with zero attached hydrogens (tertiary/aromatic N) is 1. The maximum Gasteiger partial charge on any atom is 0.160 e. The van der Waals surface area contributed by atoms with Crippen molar-refractivity contribution in [1.82, 2.24) is 10.2 Å². The first kappa shape index (κ1) is 16.8. The first-order valence-corrected chi connectivity index (χ1v) is 7.23. The summed E-state index contributed by atoms with van der Waals surface area (Å²) in [6, 6.07) is 6.55. The van der Waals surface area contributed by atoms with Crippen molar-refractivity contribution >= 4 is 0 Å². The van der Waals surface area contributed by atoms with Gasteiger partial charge < -0.3 is 19.7 Å². The summed E-state index contributed by atoms with van der Waals surface area (Å²) in [5.74, 6) is 1.57. The Kier molecular flexibility index (Phi) is 7.41. The maximum absolute atomic E-state index is 5.33. The van der Waals surface area contributed by atoms with Crippen LogP contribution in [-0.2, 0) is 6.42 Å². The highest BCUT2D eigenvalue weighted by Gasteiger charge is 2.08. The summed E-state index contributed by atoms with van der Waals surface area (Å²) in [6.45, 7) is 7.56. The predicted octanol–water partition coefficient (Wildman–Crippen LogP) is 2.18. The summed E-state index contributed by atoms with van der Waals surface area (Å²) in [5, 5.41) is 3.55. The number of hydrogen-bond donors (Lipinski definition) is 1. The molecule has 1 aromatic carbocycles. The van der Waals surface area contributed by atoms with Crippen molar-refractivity contribution in [2.75, 3.05) is 40.9 Å². The molecule has 0 spiro atoms. The van der Waals surface area contributed by atoms with Crippen molar-refractivity contribution in [2.24, 2.45) is 0 Å². The second-order valence-corrected chi connectivity index (χ2v) is 5.14. The van der Waals surface area contributed by atoms with Gasteiger partial charge in [-0.1, -0.05) is 13.0 Å². The van der Waals surface area contributed by atoms with Gasteiger partial charge in [0.2, 0.25) is 0 Å². The average molecular weight is 280 g/mol. The van der Waals surface area contributed by atoms with Crippen molar-refractivity contribution in [3.05, 3.63) is 23.8 Å². The van der Waals surface area contributed by atoms with E-state index >= 15 is 0 Å². The van der Waals surface area contributed by atoms with E-state index in [2.05, 4.69) is 43.2 Å². The standard InChI is InChI=1S/C16H28N2O2/c1-6-18(3)10-9-17-13(2)11-14-7-8-15(19-4)16(12-14)20-5/h7-8,12-13,17H,6,9-11H2,1-5H3. The van der Waals surface area contributed by atoms with Gasteiger partial charge in [0.15, 0.2) is 11.5 Å². The molecule has 1 unspecified atom stereocenters. The van der Waals surface area contributed by atoms with Gasteiger partial charge in [0.05, 0.1) is 14.2 Å². The molecule has 4 heteroatoms. The summed E-state index contributed by atoms with van der Waals surface area (Å²) in [5.41, 5.74) is 1.26. The van der Waals surface area contributed by atoms with Crippen molar-refractivity contribution in [3.63, 3.8) is 0 Å². The molecule has 1 atom stereocenters. The highest BCUT2D eigenvalue weighted by Crippen LogP contribution is 2.27. The molecule has 1 rings (SSSR count). The first-order chi connectivity index (χ1) is 9.60. The van der Waals surface area contributed by atoms with Gasteiger partial charge >= 0.3 is 0 Å². The highest BCUT2D eigenvalue weighted by atomic mass is 16.5. The van der Waals surface area contributed by atoms with Crippen LogP contribution in [0, 0.1) is 0 Å². The molecule has 1 aromatic rings. The van der Waals surface area contributed by atoms with Crippen LogP contribution in [0.5, 0.6) is 11.5 Å². The smallest absolute Gasteiger partial charge is 0.160 e. The molecule has 0 bridgehead atoms. The van der Waals surface area contributed by atoms with E-state index in [1.54, 1.807) is 14.2 Å². The molecule has 114 valence electrons. The van der Waals surface area contributed by atoms with E-state index in [9.17, 15) is 0 Å². The van der Waals surface area contributed by atoms with Crippen molar-refractivity contribution < 1.29 is 9.47 Å². The van der Waals surface area contributed by atoms with Crippen LogP contribution in [0.25, 0.3) is 0 Å². The Bertz CT molecular complexity index is 396. The van der Waals surface area contributed by atoms with Gasteiger partial charge in [0.1, 0.15) is 0 Å². The van der Waals surface area contributed by atoms with Crippen LogP contribution in [0.1, 0.15) is 19.4 Å². The zero-order chi connectivity index (χ0) is 15.0. The fourth-order valence-corrected chi connectivity index (χ4v) is 2.09. The number of rotatable bonds is 9. The first-order valence-electron chi connectivity index (χ1n) is 7.23. The number of likely N-dealkylation sites (N-methyl/N-ethyl adjacent to an activating group) is 1. The number of benzene rings is 1. The predicted molar refractivity (Wildman–Crippen MR) is 83.9 cm³/mol. The van der Waals surface area contributed by atoms with E-state index in [0.29, 0.717) is 6.04 Å². The monoisotopic (exact) mass is 280 g/mol. The Hall–Kier alpha value is -1.26. The zero-order valence-electron chi connectivity index (χ0n) is 13.4. The summed E-state index contributed by atoms with van der Waals surface area (Å²) in [6.07, 6.45) is 0.982. The van der Waals surface area contributed by atoms with E-state index in [0.717, 1.165) is 37.6 Å². The molecule has 0 saturated heterocycles. The third-order valence-electron chi connectivity index (χ3n) is 3.52. The van der Waals surface area contributed by atoms with Crippen LogP contribution in [0.3, 0.4) is 0 Å². The quantitative estimate of drug-likeness (QED) is 0.752. The maximum atomic E-state index is 5.33. The van der Waals surface area contributed by atoms with Crippen molar-refractivity contribution in [3.8, 4) is 11.5 Å². The van der Waals surface area contributed by atoms with Crippen LogP contribution in [0.15, 0.2) is 18.2 Å². The molecule has 1 N–H and O–H groups in total. The van der Waals surface area contributed by atoms with E-state index in [-0.39, 0.29) is 0 Å². The highest BCUT2D eigenvalue weighted by molar-refractivity contribution is 5.43. The Morgan fingerprint density at radius 1 is 1.20 bits per heavy atom. The molecule has 0 aromatic heterocycles. The lowest BCUT2D eigenvalue weighted by Gasteiger charge is -2.18. The Morgan fingerprint density at radius 2 is 1.90 bits per heavy atom. The van der Waals surface area contributed by atoms with Gasteiger partial charge in [0.25, 0.3) is 0 Å². The van der Waals surface area contributed by atoms with E-state index in [1.807, 2.05) is 6.07 Å². The molecule has 0 aliphatic heterocycles. The van der Waals surface area contributed by atoms with Gasteiger partial charge in [-0.3, -0.25) is 0 Å². The lowest BCUT2D eigenvalue weighted by atomic mass is 10.1. The molecule has 0 aliphatic rings. The Morgan fingerprint density at radius 3 is 2.50 bits per heavy atom. The van der Waals surface area contributed by atoms with Crippen LogP contribution in [-0.4, -0.2) is 51.8 Å². The molecule has 0 amide bonds. The lowest BCUT2D eigenvalue weighted by Crippen LogP contribution is -2.35. The summed E-state index contributed by atoms with van der Waals surface area (Å²) in [7, 11) is 5.47. The largest absolute Gasteiger partial charge is 0.493 e. The number of hydrogen-bond acceptors (Lipinski definition) is 4.